The molecule has 5 rings (SSSR count). The third-order valence-electron chi connectivity index (χ3n) is 5.75. The van der Waals surface area contributed by atoms with E-state index >= 15 is 0 Å². The van der Waals surface area contributed by atoms with Crippen molar-refractivity contribution in [2.45, 2.75) is 0 Å². The zero-order valence-electron chi connectivity index (χ0n) is 18.0. The van der Waals surface area contributed by atoms with Gasteiger partial charge in [-0.25, -0.2) is 0 Å². The zero-order chi connectivity index (χ0) is 23.7. The number of rotatable bonds is 4. The van der Waals surface area contributed by atoms with Gasteiger partial charge < -0.3 is 14.2 Å². The van der Waals surface area contributed by atoms with Gasteiger partial charge in [0.25, 0.3) is 11.5 Å². The van der Waals surface area contributed by atoms with Gasteiger partial charge in [0.15, 0.2) is 5.76 Å². The minimum atomic E-state index is -0.380. The van der Waals surface area contributed by atoms with Crippen LogP contribution in [0.5, 0.6) is 0 Å². The maximum atomic E-state index is 13.0. The summed E-state index contributed by atoms with van der Waals surface area (Å²) in [6, 6.07) is 19.8. The number of hydrogen-bond donors (Lipinski definition) is 0. The summed E-state index contributed by atoms with van der Waals surface area (Å²) in [6.07, 6.45) is 1.60. The Kier molecular flexibility index (Phi) is 6.13. The highest BCUT2D eigenvalue weighted by molar-refractivity contribution is 6.33. The van der Waals surface area contributed by atoms with E-state index in [2.05, 4.69) is 5.10 Å². The van der Waals surface area contributed by atoms with Crippen molar-refractivity contribution in [2.75, 3.05) is 31.1 Å². The fourth-order valence-corrected chi connectivity index (χ4v) is 4.30. The van der Waals surface area contributed by atoms with Crippen molar-refractivity contribution < 1.29 is 9.21 Å². The van der Waals surface area contributed by atoms with Gasteiger partial charge in [0.05, 0.1) is 17.6 Å². The lowest BCUT2D eigenvalue weighted by Crippen LogP contribution is -2.49. The summed E-state index contributed by atoms with van der Waals surface area (Å²) in [5.74, 6) is 0.711. The van der Waals surface area contributed by atoms with Crippen LogP contribution < -0.4 is 10.5 Å². The largest absolute Gasteiger partial charge is 0.451 e. The van der Waals surface area contributed by atoms with E-state index in [1.807, 2.05) is 35.2 Å². The number of para-hydroxylation sites is 1. The first-order valence-corrected chi connectivity index (χ1v) is 11.5. The van der Waals surface area contributed by atoms with E-state index in [4.69, 9.17) is 27.6 Å². The summed E-state index contributed by atoms with van der Waals surface area (Å²) < 4.78 is 7.08. The topological polar surface area (TPSA) is 71.6 Å². The number of aromatic nitrogens is 2. The fraction of sp³-hybridized carbons (Fsp3) is 0.160. The average molecular weight is 495 g/mol. The molecule has 1 aliphatic rings. The predicted octanol–water partition coefficient (Wildman–Crippen LogP) is 4.76. The number of hydrogen-bond acceptors (Lipinski definition) is 5. The lowest BCUT2D eigenvalue weighted by Gasteiger charge is -2.35. The van der Waals surface area contributed by atoms with Gasteiger partial charge in [-0.1, -0.05) is 41.4 Å². The van der Waals surface area contributed by atoms with Crippen molar-refractivity contribution >= 4 is 34.8 Å². The molecule has 1 amide bonds. The van der Waals surface area contributed by atoms with E-state index in [-0.39, 0.29) is 22.2 Å². The number of amides is 1. The van der Waals surface area contributed by atoms with Crippen LogP contribution in [0, 0.1) is 0 Å². The van der Waals surface area contributed by atoms with Gasteiger partial charge in [-0.2, -0.15) is 9.78 Å². The summed E-state index contributed by atoms with van der Waals surface area (Å²) in [5, 5.41) is 5.04. The second-order valence-electron chi connectivity index (χ2n) is 7.85. The molecule has 0 aliphatic carbocycles. The number of carbonyl (C=O) groups excluding carboxylic acids is 1. The normalized spacial score (nSPS) is 13.8. The first-order valence-electron chi connectivity index (χ1n) is 10.7. The Bertz CT molecular complexity index is 1380. The molecule has 0 bridgehead atoms. The predicted molar refractivity (Wildman–Crippen MR) is 132 cm³/mol. The number of anilines is 1. The molecule has 0 spiro atoms. The van der Waals surface area contributed by atoms with Crippen LogP contribution in [0.3, 0.4) is 0 Å². The Morgan fingerprint density at radius 1 is 0.882 bits per heavy atom. The van der Waals surface area contributed by atoms with E-state index in [0.29, 0.717) is 48.3 Å². The van der Waals surface area contributed by atoms with Crippen LogP contribution in [0.25, 0.3) is 17.0 Å². The van der Waals surface area contributed by atoms with E-state index in [9.17, 15) is 9.59 Å². The maximum absolute atomic E-state index is 13.0. The van der Waals surface area contributed by atoms with E-state index in [1.54, 1.807) is 47.5 Å². The van der Waals surface area contributed by atoms with E-state index in [1.165, 1.54) is 4.68 Å². The fourth-order valence-electron chi connectivity index (χ4n) is 3.93. The molecule has 7 nitrogen and oxygen atoms in total. The molecule has 3 heterocycles. The van der Waals surface area contributed by atoms with Crippen molar-refractivity contribution in [3.05, 3.63) is 99.1 Å². The van der Waals surface area contributed by atoms with Crippen LogP contribution in [0.2, 0.25) is 10.0 Å². The van der Waals surface area contributed by atoms with Crippen LogP contribution in [-0.4, -0.2) is 46.8 Å². The first-order chi connectivity index (χ1) is 16.5. The molecule has 172 valence electrons. The lowest BCUT2D eigenvalue weighted by atomic mass is 10.2. The molecular weight excluding hydrogens is 475 g/mol. The van der Waals surface area contributed by atoms with E-state index < -0.39 is 0 Å². The second-order valence-corrected chi connectivity index (χ2v) is 8.66. The van der Waals surface area contributed by atoms with E-state index in [0.717, 1.165) is 5.56 Å². The minimum absolute atomic E-state index is 0.109. The summed E-state index contributed by atoms with van der Waals surface area (Å²) in [5.41, 5.74) is 1.68. The average Bonchev–Trinajstić information content (AvgIpc) is 3.37. The van der Waals surface area contributed by atoms with Crippen LogP contribution in [-0.2, 0) is 0 Å². The van der Waals surface area contributed by atoms with Crippen molar-refractivity contribution in [1.82, 2.24) is 14.7 Å². The van der Waals surface area contributed by atoms with Crippen molar-refractivity contribution in [3.8, 4) is 17.0 Å². The maximum Gasteiger partial charge on any atom is 0.292 e. The Hall–Kier alpha value is -3.55. The molecular formula is C25H20Cl2N4O3. The number of nitrogens with zero attached hydrogens (tertiary/aromatic N) is 4. The highest BCUT2D eigenvalue weighted by atomic mass is 35.5. The second kappa shape index (κ2) is 9.37. The molecule has 1 aliphatic heterocycles. The molecule has 1 saturated heterocycles. The van der Waals surface area contributed by atoms with Gasteiger partial charge in [-0.15, -0.1) is 0 Å². The standard InChI is InChI=1S/C25H20Cl2N4O3/c26-18-8-6-17(7-9-18)21-10-11-22(34-21)24(32)30-14-12-29(13-15-30)20-16-28-31(25(33)23(20)27)19-4-2-1-3-5-19/h1-11,16H,12-15H2. The quantitative estimate of drug-likeness (QED) is 0.408. The van der Waals surface area contributed by atoms with Crippen molar-refractivity contribution in [1.29, 1.82) is 0 Å². The SMILES string of the molecule is O=C(c1ccc(-c2ccc(Cl)cc2)o1)N1CCN(c2cnn(-c3ccccc3)c(=O)c2Cl)CC1. The van der Waals surface area contributed by atoms with Gasteiger partial charge in [0, 0.05) is 36.8 Å². The van der Waals surface area contributed by atoms with Crippen LogP contribution in [0.15, 0.2) is 82.1 Å². The number of furan rings is 1. The summed E-state index contributed by atoms with van der Waals surface area (Å²) in [6.45, 7) is 1.97. The van der Waals surface area contributed by atoms with Crippen LogP contribution >= 0.6 is 23.2 Å². The number of piperazine rings is 1. The molecule has 2 aromatic heterocycles. The number of carbonyl (C=O) groups is 1. The molecule has 2 aromatic carbocycles. The lowest BCUT2D eigenvalue weighted by molar-refractivity contribution is 0.0715. The van der Waals surface area contributed by atoms with Crippen molar-refractivity contribution in [2.24, 2.45) is 0 Å². The van der Waals surface area contributed by atoms with Gasteiger partial charge in [0.1, 0.15) is 10.8 Å². The Morgan fingerprint density at radius 3 is 2.29 bits per heavy atom. The molecule has 0 unspecified atom stereocenters. The molecule has 4 aromatic rings. The third kappa shape index (κ3) is 4.32. The van der Waals surface area contributed by atoms with Gasteiger partial charge in [0.2, 0.25) is 0 Å². The summed E-state index contributed by atoms with van der Waals surface area (Å²) in [7, 11) is 0. The van der Waals surface area contributed by atoms with Gasteiger partial charge >= 0.3 is 0 Å². The third-order valence-corrected chi connectivity index (χ3v) is 6.36. The minimum Gasteiger partial charge on any atom is -0.451 e. The first kappa shape index (κ1) is 22.3. The highest BCUT2D eigenvalue weighted by Gasteiger charge is 2.26. The summed E-state index contributed by atoms with van der Waals surface area (Å²) in [4.78, 5) is 29.4. The monoisotopic (exact) mass is 494 g/mol. The molecule has 9 heteroatoms. The van der Waals surface area contributed by atoms with Crippen LogP contribution in [0.4, 0.5) is 5.69 Å². The van der Waals surface area contributed by atoms with Gasteiger partial charge in [-0.3, -0.25) is 9.59 Å². The molecule has 0 atom stereocenters. The Balaban J connectivity index is 1.27. The number of benzene rings is 2. The smallest absolute Gasteiger partial charge is 0.292 e. The number of halogens is 2. The molecule has 0 saturated carbocycles. The zero-order valence-corrected chi connectivity index (χ0v) is 19.5. The Labute approximate surface area is 205 Å². The molecule has 0 N–H and O–H groups in total. The molecule has 0 radical (unpaired) electrons. The molecule has 1 fully saturated rings. The van der Waals surface area contributed by atoms with Gasteiger partial charge in [-0.05, 0) is 48.5 Å². The summed E-state index contributed by atoms with van der Waals surface area (Å²) >= 11 is 12.4. The highest BCUT2D eigenvalue weighted by Crippen LogP contribution is 2.26. The van der Waals surface area contributed by atoms with Crippen molar-refractivity contribution in [3.63, 3.8) is 0 Å². The molecule has 34 heavy (non-hydrogen) atoms. The Morgan fingerprint density at radius 2 is 1.59 bits per heavy atom. The van der Waals surface area contributed by atoms with Crippen LogP contribution in [0.1, 0.15) is 10.6 Å².